The van der Waals surface area contributed by atoms with Crippen LogP contribution in [0.4, 0.5) is 0 Å². The van der Waals surface area contributed by atoms with E-state index in [0.717, 1.165) is 37.3 Å². The predicted octanol–water partition coefficient (Wildman–Crippen LogP) is 1.76. The topological polar surface area (TPSA) is 51.0 Å². The fourth-order valence-corrected chi connectivity index (χ4v) is 2.52. The fourth-order valence-electron chi connectivity index (χ4n) is 2.52. The fraction of sp³-hybridized carbons (Fsp3) is 0.769. The lowest BCUT2D eigenvalue weighted by atomic mass is 10.1. The lowest BCUT2D eigenvalue weighted by Crippen LogP contribution is -2.32. The molecule has 0 N–H and O–H groups in total. The third kappa shape index (κ3) is 2.26. The Morgan fingerprint density at radius 3 is 2.67 bits per heavy atom. The highest BCUT2D eigenvalue weighted by atomic mass is 16.2. The van der Waals surface area contributed by atoms with E-state index >= 15 is 0 Å². The molecule has 2 heterocycles. The van der Waals surface area contributed by atoms with Crippen LogP contribution in [-0.4, -0.2) is 39.7 Å². The number of carbonyl (C=O) groups excluding carboxylic acids is 1. The van der Waals surface area contributed by atoms with E-state index in [0.29, 0.717) is 5.92 Å². The van der Waals surface area contributed by atoms with Gasteiger partial charge in [-0.05, 0) is 12.8 Å². The molecule has 1 aromatic heterocycles. The molecule has 0 aliphatic carbocycles. The van der Waals surface area contributed by atoms with Crippen molar-refractivity contribution in [3.63, 3.8) is 0 Å². The van der Waals surface area contributed by atoms with Gasteiger partial charge in [0.15, 0.2) is 0 Å². The minimum Gasteiger partial charge on any atom is -0.347 e. The van der Waals surface area contributed by atoms with Gasteiger partial charge in [-0.25, -0.2) is 0 Å². The molecular weight excluding hydrogens is 228 g/mol. The van der Waals surface area contributed by atoms with Crippen LogP contribution in [0.5, 0.6) is 0 Å². The molecule has 5 heteroatoms. The summed E-state index contributed by atoms with van der Waals surface area (Å²) in [4.78, 5) is 14.0. The van der Waals surface area contributed by atoms with Crippen molar-refractivity contribution in [1.29, 1.82) is 0 Å². The monoisotopic (exact) mass is 250 g/mol. The summed E-state index contributed by atoms with van der Waals surface area (Å²) in [6.45, 7) is 4.19. The first-order valence-electron chi connectivity index (χ1n) is 6.67. The zero-order valence-corrected chi connectivity index (χ0v) is 11.7. The predicted molar refractivity (Wildman–Crippen MR) is 69.4 cm³/mol. The highest BCUT2D eigenvalue weighted by molar-refractivity contribution is 5.80. The zero-order chi connectivity index (χ0) is 13.3. The molecule has 5 nitrogen and oxygen atoms in total. The summed E-state index contributed by atoms with van der Waals surface area (Å²) in [5, 5.41) is 8.55. The van der Waals surface area contributed by atoms with Gasteiger partial charge in [0, 0.05) is 26.4 Å². The average Bonchev–Trinajstić information content (AvgIpc) is 2.62. The van der Waals surface area contributed by atoms with E-state index in [1.54, 1.807) is 4.90 Å². The number of rotatable bonds is 2. The molecule has 0 spiro atoms. The number of likely N-dealkylation sites (N-methyl/N-ethyl adjacent to an activating group) is 1. The normalized spacial score (nSPS) is 19.5. The van der Waals surface area contributed by atoms with E-state index in [2.05, 4.69) is 28.6 Å². The van der Waals surface area contributed by atoms with Crippen LogP contribution in [-0.2, 0) is 11.2 Å². The van der Waals surface area contributed by atoms with Crippen LogP contribution >= 0.6 is 0 Å². The van der Waals surface area contributed by atoms with Crippen molar-refractivity contribution >= 4 is 5.91 Å². The molecule has 0 radical (unpaired) electrons. The number of amides is 1. The van der Waals surface area contributed by atoms with Gasteiger partial charge in [0.2, 0.25) is 5.91 Å². The van der Waals surface area contributed by atoms with E-state index in [1.165, 1.54) is 0 Å². The number of aryl methyl sites for hydroxylation is 1. The quantitative estimate of drug-likeness (QED) is 0.803. The standard InChI is InChI=1S/C13H22N4O/c1-9(2)12-15-14-11-8-6-5-7-10(17(11)12)13(18)16(3)4/h9-10H,5-8H2,1-4H3. The molecule has 1 unspecified atom stereocenters. The van der Waals surface area contributed by atoms with Crippen molar-refractivity contribution in [3.8, 4) is 0 Å². The van der Waals surface area contributed by atoms with Crippen LogP contribution in [0.2, 0.25) is 0 Å². The van der Waals surface area contributed by atoms with E-state index in [1.807, 2.05) is 14.1 Å². The summed E-state index contributed by atoms with van der Waals surface area (Å²) in [6, 6.07) is -0.120. The first-order valence-corrected chi connectivity index (χ1v) is 6.67. The maximum Gasteiger partial charge on any atom is 0.245 e. The second-order valence-corrected chi connectivity index (χ2v) is 5.49. The van der Waals surface area contributed by atoms with Crippen molar-refractivity contribution in [2.24, 2.45) is 0 Å². The minimum absolute atomic E-state index is 0.120. The molecule has 0 fully saturated rings. The lowest BCUT2D eigenvalue weighted by molar-refractivity contribution is -0.132. The van der Waals surface area contributed by atoms with Gasteiger partial charge in [0.1, 0.15) is 17.7 Å². The van der Waals surface area contributed by atoms with Crippen molar-refractivity contribution in [2.45, 2.75) is 51.5 Å². The van der Waals surface area contributed by atoms with Crippen LogP contribution in [0.1, 0.15) is 56.7 Å². The van der Waals surface area contributed by atoms with Gasteiger partial charge >= 0.3 is 0 Å². The summed E-state index contributed by atoms with van der Waals surface area (Å²) in [7, 11) is 3.62. The maximum atomic E-state index is 12.3. The first kappa shape index (κ1) is 13.1. The van der Waals surface area contributed by atoms with Gasteiger partial charge in [-0.2, -0.15) is 0 Å². The van der Waals surface area contributed by atoms with E-state index < -0.39 is 0 Å². The number of hydrogen-bond acceptors (Lipinski definition) is 3. The molecule has 1 aromatic rings. The van der Waals surface area contributed by atoms with Gasteiger partial charge in [0.25, 0.3) is 0 Å². The molecule has 18 heavy (non-hydrogen) atoms. The van der Waals surface area contributed by atoms with E-state index in [9.17, 15) is 4.79 Å². The Morgan fingerprint density at radius 1 is 1.33 bits per heavy atom. The molecule has 0 saturated carbocycles. The number of carbonyl (C=O) groups is 1. The molecular formula is C13H22N4O. The smallest absolute Gasteiger partial charge is 0.245 e. The lowest BCUT2D eigenvalue weighted by Gasteiger charge is -2.23. The number of nitrogens with zero attached hydrogens (tertiary/aromatic N) is 4. The SMILES string of the molecule is CC(C)c1nnc2n1C(C(=O)N(C)C)CCCC2. The largest absolute Gasteiger partial charge is 0.347 e. The third-order valence-electron chi connectivity index (χ3n) is 3.47. The molecule has 1 atom stereocenters. The van der Waals surface area contributed by atoms with Crippen molar-refractivity contribution < 1.29 is 4.79 Å². The minimum atomic E-state index is -0.120. The van der Waals surface area contributed by atoms with E-state index in [-0.39, 0.29) is 11.9 Å². The van der Waals surface area contributed by atoms with E-state index in [4.69, 9.17) is 0 Å². The Labute approximate surface area is 108 Å². The molecule has 0 saturated heterocycles. The van der Waals surface area contributed by atoms with Crippen LogP contribution in [0.25, 0.3) is 0 Å². The molecule has 1 aliphatic heterocycles. The Kier molecular flexibility index (Phi) is 3.68. The highest BCUT2D eigenvalue weighted by Gasteiger charge is 2.30. The average molecular weight is 250 g/mol. The molecule has 0 aromatic carbocycles. The van der Waals surface area contributed by atoms with Crippen LogP contribution in [0.15, 0.2) is 0 Å². The summed E-state index contributed by atoms with van der Waals surface area (Å²) in [6.07, 6.45) is 3.98. The summed E-state index contributed by atoms with van der Waals surface area (Å²) < 4.78 is 2.08. The van der Waals surface area contributed by atoms with Gasteiger partial charge in [-0.1, -0.05) is 20.3 Å². The second kappa shape index (κ2) is 5.08. The Morgan fingerprint density at radius 2 is 2.06 bits per heavy atom. The van der Waals surface area contributed by atoms with Gasteiger partial charge in [-0.3, -0.25) is 4.79 Å². The third-order valence-corrected chi connectivity index (χ3v) is 3.47. The zero-order valence-electron chi connectivity index (χ0n) is 11.7. The van der Waals surface area contributed by atoms with Gasteiger partial charge < -0.3 is 9.47 Å². The summed E-state index contributed by atoms with van der Waals surface area (Å²) in [5.41, 5.74) is 0. The molecule has 1 aliphatic rings. The van der Waals surface area contributed by atoms with Gasteiger partial charge in [0.05, 0.1) is 0 Å². The molecule has 2 rings (SSSR count). The summed E-state index contributed by atoms with van der Waals surface area (Å²) >= 11 is 0. The van der Waals surface area contributed by atoms with Crippen LogP contribution < -0.4 is 0 Å². The Bertz CT molecular complexity index is 436. The van der Waals surface area contributed by atoms with Crippen molar-refractivity contribution in [2.75, 3.05) is 14.1 Å². The number of fused-ring (bicyclic) bond motifs is 1. The first-order chi connectivity index (χ1) is 8.52. The van der Waals surface area contributed by atoms with Gasteiger partial charge in [-0.15, -0.1) is 10.2 Å². The number of hydrogen-bond donors (Lipinski definition) is 0. The highest BCUT2D eigenvalue weighted by Crippen LogP contribution is 2.28. The molecule has 0 bridgehead atoms. The summed E-state index contributed by atoms with van der Waals surface area (Å²) in [5.74, 6) is 2.35. The Hall–Kier alpha value is -1.39. The van der Waals surface area contributed by atoms with Crippen LogP contribution in [0, 0.1) is 0 Å². The Balaban J connectivity index is 2.45. The number of aromatic nitrogens is 3. The molecule has 100 valence electrons. The van der Waals surface area contributed by atoms with Crippen LogP contribution in [0.3, 0.4) is 0 Å². The maximum absolute atomic E-state index is 12.3. The second-order valence-electron chi connectivity index (χ2n) is 5.49. The van der Waals surface area contributed by atoms with Crippen molar-refractivity contribution in [1.82, 2.24) is 19.7 Å². The molecule has 1 amide bonds. The van der Waals surface area contributed by atoms with Crippen molar-refractivity contribution in [3.05, 3.63) is 11.6 Å².